The van der Waals surface area contributed by atoms with E-state index in [0.717, 1.165) is 48.2 Å². The lowest BCUT2D eigenvalue weighted by molar-refractivity contribution is 0.254. The monoisotopic (exact) mass is 479 g/mol. The van der Waals surface area contributed by atoms with Crippen LogP contribution in [0.4, 0.5) is 0 Å². The van der Waals surface area contributed by atoms with Gasteiger partial charge in [-0.2, -0.15) is 11.8 Å². The SMILES string of the molecule is CCOc1cc2c(cc1CNC(=NC)NCCCSC)OC(C)C2.I. The molecule has 1 unspecified atom stereocenters. The molecule has 5 nitrogen and oxygen atoms in total. The number of rotatable bonds is 8. The summed E-state index contributed by atoms with van der Waals surface area (Å²) in [5.41, 5.74) is 2.33. The fourth-order valence-electron chi connectivity index (χ4n) is 2.73. The lowest BCUT2D eigenvalue weighted by Gasteiger charge is -2.15. The lowest BCUT2D eigenvalue weighted by Crippen LogP contribution is -2.37. The predicted octanol–water partition coefficient (Wildman–Crippen LogP) is 3.44. The molecular formula is C18H30IN3O2S. The number of guanidine groups is 1. The Morgan fingerprint density at radius 1 is 1.40 bits per heavy atom. The molecule has 0 aromatic heterocycles. The second-order valence-electron chi connectivity index (χ2n) is 5.83. The van der Waals surface area contributed by atoms with E-state index in [1.165, 1.54) is 5.56 Å². The first-order valence-electron chi connectivity index (χ1n) is 8.56. The first-order chi connectivity index (χ1) is 11.7. The molecule has 0 saturated carbocycles. The molecule has 2 N–H and O–H groups in total. The first kappa shape index (κ1) is 22.2. The fraction of sp³-hybridized carbons (Fsp3) is 0.611. The van der Waals surface area contributed by atoms with Gasteiger partial charge in [-0.25, -0.2) is 0 Å². The number of thioether (sulfide) groups is 1. The summed E-state index contributed by atoms with van der Waals surface area (Å²) in [6.07, 6.45) is 4.43. The summed E-state index contributed by atoms with van der Waals surface area (Å²) in [6.45, 7) is 6.34. The van der Waals surface area contributed by atoms with E-state index in [-0.39, 0.29) is 30.1 Å². The normalized spacial score (nSPS) is 15.8. The molecule has 0 radical (unpaired) electrons. The Bertz CT molecular complexity index is 569. The van der Waals surface area contributed by atoms with Crippen molar-refractivity contribution in [2.45, 2.75) is 39.3 Å². The topological polar surface area (TPSA) is 54.9 Å². The maximum Gasteiger partial charge on any atom is 0.191 e. The number of hydrogen-bond donors (Lipinski definition) is 2. The van der Waals surface area contributed by atoms with Gasteiger partial charge in [-0.15, -0.1) is 24.0 Å². The van der Waals surface area contributed by atoms with Crippen molar-refractivity contribution in [2.24, 2.45) is 4.99 Å². The van der Waals surface area contributed by atoms with Crippen molar-refractivity contribution >= 4 is 41.7 Å². The molecule has 1 aliphatic heterocycles. The van der Waals surface area contributed by atoms with Crippen LogP contribution in [0, 0.1) is 0 Å². The van der Waals surface area contributed by atoms with Crippen molar-refractivity contribution in [2.75, 3.05) is 32.2 Å². The number of ether oxygens (including phenoxy) is 2. The third-order valence-corrected chi connectivity index (χ3v) is 4.56. The van der Waals surface area contributed by atoms with Crippen molar-refractivity contribution in [3.8, 4) is 11.5 Å². The van der Waals surface area contributed by atoms with Crippen LogP contribution in [0.5, 0.6) is 11.5 Å². The van der Waals surface area contributed by atoms with Gasteiger partial charge in [0.15, 0.2) is 5.96 Å². The van der Waals surface area contributed by atoms with Gasteiger partial charge in [0, 0.05) is 37.7 Å². The molecular weight excluding hydrogens is 449 g/mol. The third-order valence-electron chi connectivity index (χ3n) is 3.87. The van der Waals surface area contributed by atoms with E-state index in [9.17, 15) is 0 Å². The number of nitrogens with one attached hydrogen (secondary N) is 2. The van der Waals surface area contributed by atoms with E-state index in [1.54, 1.807) is 7.05 Å². The van der Waals surface area contributed by atoms with Crippen molar-refractivity contribution in [1.82, 2.24) is 10.6 Å². The molecule has 1 aromatic rings. The van der Waals surface area contributed by atoms with Gasteiger partial charge in [0.2, 0.25) is 0 Å². The smallest absolute Gasteiger partial charge is 0.191 e. The molecule has 0 bridgehead atoms. The van der Waals surface area contributed by atoms with Gasteiger partial charge in [0.05, 0.1) is 6.61 Å². The van der Waals surface area contributed by atoms with Crippen LogP contribution in [-0.4, -0.2) is 44.3 Å². The van der Waals surface area contributed by atoms with Crippen LogP contribution < -0.4 is 20.1 Å². The minimum atomic E-state index is 0. The Hall–Kier alpha value is -0.830. The Labute approximate surface area is 172 Å². The summed E-state index contributed by atoms with van der Waals surface area (Å²) < 4.78 is 11.7. The maximum atomic E-state index is 5.87. The third kappa shape index (κ3) is 6.77. The van der Waals surface area contributed by atoms with Crippen LogP contribution in [0.15, 0.2) is 17.1 Å². The molecule has 0 spiro atoms. The molecule has 25 heavy (non-hydrogen) atoms. The van der Waals surface area contributed by atoms with Crippen LogP contribution in [0.25, 0.3) is 0 Å². The van der Waals surface area contributed by atoms with Gasteiger partial charge in [0.1, 0.15) is 17.6 Å². The Morgan fingerprint density at radius 3 is 2.88 bits per heavy atom. The number of halogens is 1. The van der Waals surface area contributed by atoms with Gasteiger partial charge in [-0.05, 0) is 44.4 Å². The highest BCUT2D eigenvalue weighted by molar-refractivity contribution is 14.0. The average molecular weight is 479 g/mol. The van der Waals surface area contributed by atoms with Crippen LogP contribution in [0.3, 0.4) is 0 Å². The Balaban J connectivity index is 0.00000312. The molecule has 142 valence electrons. The second kappa shape index (κ2) is 11.7. The van der Waals surface area contributed by atoms with Crippen molar-refractivity contribution < 1.29 is 9.47 Å². The van der Waals surface area contributed by atoms with Gasteiger partial charge in [0.25, 0.3) is 0 Å². The van der Waals surface area contributed by atoms with E-state index in [0.29, 0.717) is 13.2 Å². The standard InChI is InChI=1S/C18H29N3O2S.HI/c1-5-22-16-10-14-9-13(2)23-17(14)11-15(16)12-21-18(19-3)20-7-6-8-24-4;/h10-11,13H,5-9,12H2,1-4H3,(H2,19,20,21);1H. The van der Waals surface area contributed by atoms with Crippen LogP contribution in [0.1, 0.15) is 31.4 Å². The Morgan fingerprint density at radius 2 is 2.20 bits per heavy atom. The molecule has 0 saturated heterocycles. The number of hydrogen-bond acceptors (Lipinski definition) is 4. The molecule has 0 fully saturated rings. The highest BCUT2D eigenvalue weighted by atomic mass is 127. The minimum Gasteiger partial charge on any atom is -0.494 e. The number of fused-ring (bicyclic) bond motifs is 1. The second-order valence-corrected chi connectivity index (χ2v) is 6.82. The van der Waals surface area contributed by atoms with Crippen molar-refractivity contribution in [3.05, 3.63) is 23.3 Å². The highest BCUT2D eigenvalue weighted by Crippen LogP contribution is 2.35. The molecule has 7 heteroatoms. The predicted molar refractivity (Wildman–Crippen MR) is 118 cm³/mol. The van der Waals surface area contributed by atoms with Gasteiger partial charge < -0.3 is 20.1 Å². The zero-order chi connectivity index (χ0) is 17.4. The molecule has 2 rings (SSSR count). The molecule has 1 aliphatic rings. The molecule has 0 amide bonds. The molecule has 1 aromatic carbocycles. The van der Waals surface area contributed by atoms with E-state index >= 15 is 0 Å². The average Bonchev–Trinajstić information content (AvgIpc) is 2.93. The molecule has 1 heterocycles. The van der Waals surface area contributed by atoms with E-state index < -0.39 is 0 Å². The van der Waals surface area contributed by atoms with Crippen LogP contribution in [-0.2, 0) is 13.0 Å². The molecule has 0 aliphatic carbocycles. The molecule has 1 atom stereocenters. The number of benzene rings is 1. The lowest BCUT2D eigenvalue weighted by atomic mass is 10.1. The summed E-state index contributed by atoms with van der Waals surface area (Å²) >= 11 is 1.86. The Kier molecular flexibility index (Phi) is 10.4. The summed E-state index contributed by atoms with van der Waals surface area (Å²) in [5.74, 6) is 3.87. The summed E-state index contributed by atoms with van der Waals surface area (Å²) in [7, 11) is 1.79. The van der Waals surface area contributed by atoms with Crippen LogP contribution in [0.2, 0.25) is 0 Å². The van der Waals surface area contributed by atoms with Crippen molar-refractivity contribution in [1.29, 1.82) is 0 Å². The minimum absolute atomic E-state index is 0. The zero-order valence-electron chi connectivity index (χ0n) is 15.6. The number of aliphatic imine (C=N–C) groups is 1. The summed E-state index contributed by atoms with van der Waals surface area (Å²) in [4.78, 5) is 4.28. The van der Waals surface area contributed by atoms with E-state index in [1.807, 2.05) is 18.7 Å². The quantitative estimate of drug-likeness (QED) is 0.259. The zero-order valence-corrected chi connectivity index (χ0v) is 18.7. The van der Waals surface area contributed by atoms with E-state index in [2.05, 4.69) is 40.9 Å². The summed E-state index contributed by atoms with van der Waals surface area (Å²) in [5, 5.41) is 6.70. The maximum absolute atomic E-state index is 5.87. The van der Waals surface area contributed by atoms with Crippen LogP contribution >= 0.6 is 35.7 Å². The number of nitrogens with zero attached hydrogens (tertiary/aromatic N) is 1. The van der Waals surface area contributed by atoms with Gasteiger partial charge >= 0.3 is 0 Å². The van der Waals surface area contributed by atoms with Gasteiger partial charge in [-0.3, -0.25) is 4.99 Å². The summed E-state index contributed by atoms with van der Waals surface area (Å²) in [6, 6.07) is 4.21. The highest BCUT2D eigenvalue weighted by Gasteiger charge is 2.21. The van der Waals surface area contributed by atoms with Crippen molar-refractivity contribution in [3.63, 3.8) is 0 Å². The largest absolute Gasteiger partial charge is 0.494 e. The van der Waals surface area contributed by atoms with Gasteiger partial charge in [-0.1, -0.05) is 0 Å². The first-order valence-corrected chi connectivity index (χ1v) is 9.96. The fourth-order valence-corrected chi connectivity index (χ4v) is 3.17. The van der Waals surface area contributed by atoms with E-state index in [4.69, 9.17) is 9.47 Å².